The van der Waals surface area contributed by atoms with Crippen molar-refractivity contribution >= 4 is 12.0 Å². The summed E-state index contributed by atoms with van der Waals surface area (Å²) in [4.78, 5) is 14.2. The molecule has 0 spiro atoms. The van der Waals surface area contributed by atoms with Crippen LogP contribution in [0.4, 0.5) is 0 Å². The van der Waals surface area contributed by atoms with Gasteiger partial charge in [-0.25, -0.2) is 0 Å². The summed E-state index contributed by atoms with van der Waals surface area (Å²) in [6, 6.07) is 5.30. The van der Waals surface area contributed by atoms with Crippen LogP contribution >= 0.6 is 0 Å². The average molecular weight is 303 g/mol. The van der Waals surface area contributed by atoms with Gasteiger partial charge in [0.1, 0.15) is 17.4 Å². The summed E-state index contributed by atoms with van der Waals surface area (Å²) in [7, 11) is 0. The van der Waals surface area contributed by atoms with Gasteiger partial charge in [-0.15, -0.1) is 0 Å². The molecular weight excluding hydrogens is 282 g/mol. The van der Waals surface area contributed by atoms with Crippen molar-refractivity contribution in [1.82, 2.24) is 10.2 Å². The molecule has 1 amide bonds. The number of hydrogen-bond donors (Lipinski definition) is 1. The number of carbonyl (C=O) groups excluding carboxylic acids is 1. The Morgan fingerprint density at radius 3 is 2.82 bits per heavy atom. The number of nitriles is 1. The van der Waals surface area contributed by atoms with Crippen molar-refractivity contribution in [2.45, 2.75) is 26.1 Å². The number of rotatable bonds is 5. The molecule has 2 rings (SSSR count). The lowest BCUT2D eigenvalue weighted by Gasteiger charge is -2.35. The van der Waals surface area contributed by atoms with Crippen LogP contribution in [0.5, 0.6) is 0 Å². The molecule has 6 heteroatoms. The standard InChI is InChI=1S/C16H21N3O3/c1-12-10-19(11-13(2)22-12)6-5-18-16(20)14(9-17)8-15-4-3-7-21-15/h3-4,7-8,12-13H,5-6,10-11H2,1-2H3,(H,18,20)/b14-8-/t12-,13+. The second-order valence-electron chi connectivity index (χ2n) is 5.46. The van der Waals surface area contributed by atoms with Crippen molar-refractivity contribution in [2.75, 3.05) is 26.2 Å². The Kier molecular flexibility index (Phi) is 5.75. The topological polar surface area (TPSA) is 78.5 Å². The zero-order chi connectivity index (χ0) is 15.9. The zero-order valence-electron chi connectivity index (χ0n) is 12.9. The third kappa shape index (κ3) is 4.72. The first-order chi connectivity index (χ1) is 10.6. The van der Waals surface area contributed by atoms with Crippen LogP contribution in [0.25, 0.3) is 6.08 Å². The van der Waals surface area contributed by atoms with E-state index in [2.05, 4.69) is 10.2 Å². The average Bonchev–Trinajstić information content (AvgIpc) is 2.96. The molecule has 0 unspecified atom stereocenters. The van der Waals surface area contributed by atoms with Gasteiger partial charge < -0.3 is 14.5 Å². The van der Waals surface area contributed by atoms with Crippen LogP contribution in [0, 0.1) is 11.3 Å². The summed E-state index contributed by atoms with van der Waals surface area (Å²) in [5.41, 5.74) is 0.0404. The molecule has 2 heterocycles. The van der Waals surface area contributed by atoms with Gasteiger partial charge in [-0.1, -0.05) is 0 Å². The maximum atomic E-state index is 12.0. The molecule has 1 aromatic heterocycles. The largest absolute Gasteiger partial charge is 0.465 e. The van der Waals surface area contributed by atoms with Crippen LogP contribution in [0.3, 0.4) is 0 Å². The molecule has 1 aromatic rings. The number of carbonyl (C=O) groups is 1. The van der Waals surface area contributed by atoms with Crippen molar-refractivity contribution in [3.63, 3.8) is 0 Å². The normalized spacial score (nSPS) is 23.0. The summed E-state index contributed by atoms with van der Waals surface area (Å²) >= 11 is 0. The van der Waals surface area contributed by atoms with E-state index in [0.717, 1.165) is 19.6 Å². The SMILES string of the molecule is C[C@@H]1CN(CCNC(=O)/C(C#N)=C\c2ccco2)C[C@H](C)O1. The highest BCUT2D eigenvalue weighted by atomic mass is 16.5. The second kappa shape index (κ2) is 7.78. The van der Waals surface area contributed by atoms with Crippen molar-refractivity contribution < 1.29 is 13.9 Å². The van der Waals surface area contributed by atoms with Gasteiger partial charge in [-0.05, 0) is 26.0 Å². The summed E-state index contributed by atoms with van der Waals surface area (Å²) in [5, 5.41) is 11.8. The summed E-state index contributed by atoms with van der Waals surface area (Å²) in [5.74, 6) is 0.107. The molecule has 1 aliphatic rings. The summed E-state index contributed by atoms with van der Waals surface area (Å²) < 4.78 is 10.8. The van der Waals surface area contributed by atoms with Crippen molar-refractivity contribution in [3.8, 4) is 6.07 Å². The van der Waals surface area contributed by atoms with Gasteiger partial charge in [0, 0.05) is 32.3 Å². The van der Waals surface area contributed by atoms with Gasteiger partial charge in [-0.3, -0.25) is 9.69 Å². The van der Waals surface area contributed by atoms with Crippen molar-refractivity contribution in [2.24, 2.45) is 0 Å². The smallest absolute Gasteiger partial charge is 0.262 e. The minimum absolute atomic E-state index is 0.0404. The minimum atomic E-state index is -0.381. The van der Waals surface area contributed by atoms with E-state index in [1.54, 1.807) is 12.1 Å². The van der Waals surface area contributed by atoms with Crippen LogP contribution in [0.15, 0.2) is 28.4 Å². The summed E-state index contributed by atoms with van der Waals surface area (Å²) in [6.45, 7) is 7.03. The molecule has 1 aliphatic heterocycles. The van der Waals surface area contributed by atoms with Gasteiger partial charge in [0.15, 0.2) is 0 Å². The van der Waals surface area contributed by atoms with E-state index in [-0.39, 0.29) is 23.7 Å². The molecular formula is C16H21N3O3. The molecule has 0 radical (unpaired) electrons. The molecule has 0 aliphatic carbocycles. The number of nitrogens with zero attached hydrogens (tertiary/aromatic N) is 2. The number of ether oxygens (including phenoxy) is 1. The Labute approximate surface area is 130 Å². The number of morpholine rings is 1. The van der Waals surface area contributed by atoms with Crippen molar-refractivity contribution in [1.29, 1.82) is 5.26 Å². The molecule has 1 N–H and O–H groups in total. The second-order valence-corrected chi connectivity index (χ2v) is 5.46. The third-order valence-corrected chi connectivity index (χ3v) is 3.40. The van der Waals surface area contributed by atoms with E-state index in [0.29, 0.717) is 12.3 Å². The fraction of sp³-hybridized carbons (Fsp3) is 0.500. The number of hydrogen-bond acceptors (Lipinski definition) is 5. The van der Waals surface area contributed by atoms with Gasteiger partial charge in [-0.2, -0.15) is 5.26 Å². The molecule has 0 bridgehead atoms. The highest BCUT2D eigenvalue weighted by Crippen LogP contribution is 2.10. The first-order valence-electron chi connectivity index (χ1n) is 7.40. The summed E-state index contributed by atoms with van der Waals surface area (Å²) in [6.07, 6.45) is 3.34. The Bertz CT molecular complexity index is 550. The van der Waals surface area contributed by atoms with E-state index in [9.17, 15) is 4.79 Å². The molecule has 1 saturated heterocycles. The van der Waals surface area contributed by atoms with Crippen LogP contribution in [0.1, 0.15) is 19.6 Å². The number of nitrogens with one attached hydrogen (secondary N) is 1. The highest BCUT2D eigenvalue weighted by molar-refractivity contribution is 6.01. The van der Waals surface area contributed by atoms with Gasteiger partial charge in [0.2, 0.25) is 0 Å². The van der Waals surface area contributed by atoms with E-state index < -0.39 is 0 Å². The predicted molar refractivity (Wildman–Crippen MR) is 81.8 cm³/mol. The number of furan rings is 1. The van der Waals surface area contributed by atoms with E-state index in [4.69, 9.17) is 14.4 Å². The first kappa shape index (κ1) is 16.3. The van der Waals surface area contributed by atoms with Gasteiger partial charge in [0.25, 0.3) is 5.91 Å². The fourth-order valence-corrected chi connectivity index (χ4v) is 2.55. The quantitative estimate of drug-likeness (QED) is 0.657. The molecule has 0 saturated carbocycles. The molecule has 1 fully saturated rings. The lowest BCUT2D eigenvalue weighted by atomic mass is 10.2. The molecule has 6 nitrogen and oxygen atoms in total. The van der Waals surface area contributed by atoms with E-state index in [1.807, 2.05) is 19.9 Å². The lowest BCUT2D eigenvalue weighted by molar-refractivity contribution is -0.117. The first-order valence-corrected chi connectivity index (χ1v) is 7.40. The molecule has 22 heavy (non-hydrogen) atoms. The Balaban J connectivity index is 1.81. The van der Waals surface area contributed by atoms with Crippen LogP contribution < -0.4 is 5.32 Å². The highest BCUT2D eigenvalue weighted by Gasteiger charge is 2.21. The van der Waals surface area contributed by atoms with E-state index >= 15 is 0 Å². The monoisotopic (exact) mass is 303 g/mol. The maximum Gasteiger partial charge on any atom is 0.262 e. The lowest BCUT2D eigenvalue weighted by Crippen LogP contribution is -2.47. The zero-order valence-corrected chi connectivity index (χ0v) is 12.9. The number of amides is 1. The fourth-order valence-electron chi connectivity index (χ4n) is 2.55. The van der Waals surface area contributed by atoms with Crippen LogP contribution in [-0.4, -0.2) is 49.2 Å². The van der Waals surface area contributed by atoms with Gasteiger partial charge >= 0.3 is 0 Å². The van der Waals surface area contributed by atoms with Crippen molar-refractivity contribution in [3.05, 3.63) is 29.7 Å². The minimum Gasteiger partial charge on any atom is -0.465 e. The molecule has 118 valence electrons. The van der Waals surface area contributed by atoms with Crippen LogP contribution in [0.2, 0.25) is 0 Å². The maximum absolute atomic E-state index is 12.0. The van der Waals surface area contributed by atoms with Gasteiger partial charge in [0.05, 0.1) is 18.5 Å². The molecule has 2 atom stereocenters. The van der Waals surface area contributed by atoms with Crippen LogP contribution in [-0.2, 0) is 9.53 Å². The molecule has 0 aromatic carbocycles. The third-order valence-electron chi connectivity index (χ3n) is 3.40. The Morgan fingerprint density at radius 1 is 1.50 bits per heavy atom. The van der Waals surface area contributed by atoms with E-state index in [1.165, 1.54) is 12.3 Å². The Hall–Kier alpha value is -2.10. The predicted octanol–water partition coefficient (Wildman–Crippen LogP) is 1.41. The Morgan fingerprint density at radius 2 is 2.23 bits per heavy atom.